The average molecular weight is 465 g/mol. The Morgan fingerprint density at radius 3 is 2.13 bits per heavy atom. The Bertz CT molecular complexity index is 1160. The summed E-state index contributed by atoms with van der Waals surface area (Å²) in [6, 6.07) is 14.9. The number of benzene rings is 2. The fourth-order valence-electron chi connectivity index (χ4n) is 2.41. The lowest BCUT2D eigenvalue weighted by molar-refractivity contribution is 0.0996. The molecule has 0 spiro atoms. The number of sulfonamides is 1. The van der Waals surface area contributed by atoms with E-state index in [-0.39, 0.29) is 22.4 Å². The largest absolute Gasteiger partial charge is 0.459 e. The maximum absolute atomic E-state index is 12.0. The molecule has 0 saturated carbocycles. The predicted molar refractivity (Wildman–Crippen MR) is 123 cm³/mol. The minimum Gasteiger partial charge on any atom is -0.459 e. The molecule has 0 aliphatic carbocycles. The normalized spacial score (nSPS) is 10.9. The Morgan fingerprint density at radius 1 is 0.967 bits per heavy atom. The zero-order valence-corrected chi connectivity index (χ0v) is 18.0. The first kappa shape index (κ1) is 21.6. The maximum atomic E-state index is 12.0. The Morgan fingerprint density at radius 2 is 1.57 bits per heavy atom. The SMILES string of the molecule is CS(=O)(=O)Nc1ccc(NC(=S)Nc2ccc(NC(=O)c3ccco3)cc2)cc1Cl. The monoisotopic (exact) mass is 464 g/mol. The number of rotatable bonds is 6. The molecule has 4 N–H and O–H groups in total. The van der Waals surface area contributed by atoms with E-state index < -0.39 is 10.0 Å². The van der Waals surface area contributed by atoms with Gasteiger partial charge in [-0.15, -0.1) is 0 Å². The van der Waals surface area contributed by atoms with Crippen molar-refractivity contribution in [1.82, 2.24) is 0 Å². The number of anilines is 4. The molecule has 11 heteroatoms. The molecule has 156 valence electrons. The molecular formula is C19H17ClN4O4S2. The summed E-state index contributed by atoms with van der Waals surface area (Å²) in [5.41, 5.74) is 2.15. The molecule has 0 radical (unpaired) electrons. The molecule has 3 aromatic rings. The summed E-state index contributed by atoms with van der Waals surface area (Å²) in [7, 11) is -3.42. The van der Waals surface area contributed by atoms with Gasteiger partial charge < -0.3 is 20.4 Å². The second kappa shape index (κ2) is 9.16. The Balaban J connectivity index is 1.57. The lowest BCUT2D eigenvalue weighted by Crippen LogP contribution is -2.19. The van der Waals surface area contributed by atoms with Gasteiger partial charge in [0.1, 0.15) is 0 Å². The van der Waals surface area contributed by atoms with Crippen LogP contribution in [0.5, 0.6) is 0 Å². The van der Waals surface area contributed by atoms with Gasteiger partial charge in [0, 0.05) is 17.1 Å². The first-order valence-electron chi connectivity index (χ1n) is 8.50. The summed E-state index contributed by atoms with van der Waals surface area (Å²) in [6.45, 7) is 0. The van der Waals surface area contributed by atoms with Crippen LogP contribution in [0.1, 0.15) is 10.6 Å². The van der Waals surface area contributed by atoms with Crippen molar-refractivity contribution in [3.05, 3.63) is 71.6 Å². The van der Waals surface area contributed by atoms with Gasteiger partial charge in [-0.25, -0.2) is 8.42 Å². The number of amides is 1. The zero-order valence-electron chi connectivity index (χ0n) is 15.6. The van der Waals surface area contributed by atoms with Crippen LogP contribution in [-0.2, 0) is 10.0 Å². The molecule has 0 aliphatic heterocycles. The molecule has 1 aromatic heterocycles. The topological polar surface area (TPSA) is 112 Å². The Labute approximate surface area is 183 Å². The van der Waals surface area contributed by atoms with Gasteiger partial charge in [-0.3, -0.25) is 9.52 Å². The van der Waals surface area contributed by atoms with Crippen LogP contribution in [0.3, 0.4) is 0 Å². The van der Waals surface area contributed by atoms with Crippen molar-refractivity contribution in [1.29, 1.82) is 0 Å². The summed E-state index contributed by atoms with van der Waals surface area (Å²) in [5, 5.41) is 9.22. The van der Waals surface area contributed by atoms with Crippen LogP contribution in [0.25, 0.3) is 0 Å². The second-order valence-corrected chi connectivity index (χ2v) is 8.72. The number of nitrogens with one attached hydrogen (secondary N) is 4. The van der Waals surface area contributed by atoms with E-state index in [1.54, 1.807) is 48.5 Å². The molecule has 30 heavy (non-hydrogen) atoms. The summed E-state index contributed by atoms with van der Waals surface area (Å²) in [5.74, 6) is -0.123. The Kier molecular flexibility index (Phi) is 6.60. The van der Waals surface area contributed by atoms with Gasteiger partial charge in [-0.05, 0) is 66.8 Å². The molecule has 0 bridgehead atoms. The fraction of sp³-hybridized carbons (Fsp3) is 0.0526. The minimum absolute atomic E-state index is 0.221. The maximum Gasteiger partial charge on any atom is 0.291 e. The van der Waals surface area contributed by atoms with Crippen molar-refractivity contribution in [2.75, 3.05) is 26.9 Å². The lowest BCUT2D eigenvalue weighted by atomic mass is 10.2. The molecule has 0 saturated heterocycles. The number of furan rings is 1. The predicted octanol–water partition coefficient (Wildman–Crippen LogP) is 4.37. The number of halogens is 1. The molecule has 0 aliphatic rings. The van der Waals surface area contributed by atoms with E-state index in [0.717, 1.165) is 6.26 Å². The summed E-state index contributed by atoms with van der Waals surface area (Å²) in [6.07, 6.45) is 2.47. The third kappa shape index (κ3) is 6.21. The molecule has 1 heterocycles. The van der Waals surface area contributed by atoms with E-state index >= 15 is 0 Å². The minimum atomic E-state index is -3.42. The zero-order chi connectivity index (χ0) is 21.7. The lowest BCUT2D eigenvalue weighted by Gasteiger charge is -2.13. The number of carbonyl (C=O) groups excluding carboxylic acids is 1. The summed E-state index contributed by atoms with van der Waals surface area (Å²) < 4.78 is 30.0. The van der Waals surface area contributed by atoms with Gasteiger partial charge in [-0.1, -0.05) is 11.6 Å². The van der Waals surface area contributed by atoms with Crippen LogP contribution >= 0.6 is 23.8 Å². The molecule has 1 amide bonds. The Hall–Kier alpha value is -3.08. The highest BCUT2D eigenvalue weighted by Crippen LogP contribution is 2.26. The molecule has 8 nitrogen and oxygen atoms in total. The van der Waals surface area contributed by atoms with Crippen LogP contribution in [0.4, 0.5) is 22.7 Å². The fourth-order valence-corrected chi connectivity index (χ4v) is 3.50. The van der Waals surface area contributed by atoms with Gasteiger partial charge >= 0.3 is 0 Å². The molecule has 0 fully saturated rings. The van der Waals surface area contributed by atoms with E-state index in [4.69, 9.17) is 28.2 Å². The molecule has 3 rings (SSSR count). The number of thiocarbonyl (C=S) groups is 1. The van der Waals surface area contributed by atoms with Gasteiger partial charge in [0.15, 0.2) is 10.9 Å². The number of hydrogen-bond acceptors (Lipinski definition) is 5. The van der Waals surface area contributed by atoms with Crippen molar-refractivity contribution >= 4 is 67.6 Å². The van der Waals surface area contributed by atoms with Crippen molar-refractivity contribution in [3.8, 4) is 0 Å². The quantitative estimate of drug-likeness (QED) is 0.401. The molecular weight excluding hydrogens is 448 g/mol. The van der Waals surface area contributed by atoms with Gasteiger partial charge in [0.05, 0.1) is 23.2 Å². The molecule has 0 unspecified atom stereocenters. The van der Waals surface area contributed by atoms with Crippen molar-refractivity contribution in [2.45, 2.75) is 0 Å². The third-order valence-corrected chi connectivity index (χ3v) is 4.78. The molecule has 2 aromatic carbocycles. The smallest absolute Gasteiger partial charge is 0.291 e. The van der Waals surface area contributed by atoms with E-state index in [1.807, 2.05) is 0 Å². The van der Waals surface area contributed by atoms with E-state index in [0.29, 0.717) is 22.2 Å². The molecule has 0 atom stereocenters. The second-order valence-electron chi connectivity index (χ2n) is 6.16. The highest BCUT2D eigenvalue weighted by atomic mass is 35.5. The van der Waals surface area contributed by atoms with Crippen molar-refractivity contribution in [3.63, 3.8) is 0 Å². The van der Waals surface area contributed by atoms with Crippen LogP contribution in [0, 0.1) is 0 Å². The summed E-state index contributed by atoms with van der Waals surface area (Å²) in [4.78, 5) is 12.0. The third-order valence-electron chi connectivity index (χ3n) is 3.67. The van der Waals surface area contributed by atoms with Crippen LogP contribution in [-0.4, -0.2) is 25.7 Å². The highest BCUT2D eigenvalue weighted by Gasteiger charge is 2.09. The van der Waals surface area contributed by atoms with Crippen LogP contribution in [0.15, 0.2) is 65.3 Å². The van der Waals surface area contributed by atoms with E-state index in [9.17, 15) is 13.2 Å². The van der Waals surface area contributed by atoms with Crippen molar-refractivity contribution in [2.24, 2.45) is 0 Å². The van der Waals surface area contributed by atoms with Gasteiger partial charge in [-0.2, -0.15) is 0 Å². The van der Waals surface area contributed by atoms with Crippen molar-refractivity contribution < 1.29 is 17.6 Å². The van der Waals surface area contributed by atoms with Crippen LogP contribution in [0.2, 0.25) is 5.02 Å². The average Bonchev–Trinajstić information content (AvgIpc) is 3.19. The van der Waals surface area contributed by atoms with E-state index in [2.05, 4.69) is 20.7 Å². The highest BCUT2D eigenvalue weighted by molar-refractivity contribution is 7.92. The number of carbonyl (C=O) groups is 1. The first-order valence-corrected chi connectivity index (χ1v) is 11.2. The summed E-state index contributed by atoms with van der Waals surface area (Å²) >= 11 is 11.4. The van der Waals surface area contributed by atoms with Crippen LogP contribution < -0.4 is 20.7 Å². The number of hydrogen-bond donors (Lipinski definition) is 4. The first-order chi connectivity index (χ1) is 14.2. The van der Waals surface area contributed by atoms with E-state index in [1.165, 1.54) is 12.3 Å². The standard InChI is InChI=1S/C19H17ClN4O4S2/c1-30(26,27)24-16-9-8-14(11-15(16)20)23-19(29)22-13-6-4-12(5-7-13)21-18(25)17-3-2-10-28-17/h2-11,24H,1H3,(H,21,25)(H2,22,23,29). The van der Waals surface area contributed by atoms with Gasteiger partial charge in [0.25, 0.3) is 5.91 Å². The van der Waals surface area contributed by atoms with Gasteiger partial charge in [0.2, 0.25) is 10.0 Å².